The van der Waals surface area contributed by atoms with Crippen LogP contribution < -0.4 is 0 Å². The third-order valence-corrected chi connectivity index (χ3v) is 5.03. The lowest BCUT2D eigenvalue weighted by molar-refractivity contribution is 0.105. The van der Waals surface area contributed by atoms with Crippen molar-refractivity contribution in [2.75, 3.05) is 0 Å². The molecule has 122 valence electrons. The fraction of sp³-hybridized carbons (Fsp3) is 0.0500. The van der Waals surface area contributed by atoms with Gasteiger partial charge in [0.15, 0.2) is 5.78 Å². The summed E-state index contributed by atoms with van der Waals surface area (Å²) in [6.45, 7) is 0. The Morgan fingerprint density at radius 1 is 1.04 bits per heavy atom. The van der Waals surface area contributed by atoms with E-state index < -0.39 is 0 Å². The highest BCUT2D eigenvalue weighted by atomic mass is 32.1. The lowest BCUT2D eigenvalue weighted by Crippen LogP contribution is -2.03. The number of aromatic nitrogens is 3. The van der Waals surface area contributed by atoms with Crippen molar-refractivity contribution in [3.8, 4) is 0 Å². The summed E-state index contributed by atoms with van der Waals surface area (Å²) in [5.74, 6) is -0.0409. The van der Waals surface area contributed by atoms with Gasteiger partial charge in [0.2, 0.25) is 0 Å². The molecule has 4 aromatic rings. The van der Waals surface area contributed by atoms with Gasteiger partial charge in [0.05, 0.1) is 21.5 Å². The number of benzene rings is 2. The minimum absolute atomic E-state index is 0.0409. The maximum Gasteiger partial charge on any atom is 0.196 e. The highest BCUT2D eigenvalue weighted by Crippen LogP contribution is 2.30. The lowest BCUT2D eigenvalue weighted by atomic mass is 10.0. The molecule has 5 heteroatoms. The maximum atomic E-state index is 13.1. The standard InChI is InChI=1S/C20H15N3OS/c1-23-15(11-12-21-23)13-16(19(24)14-7-3-2-4-8-14)20-22-17-9-5-6-10-18(17)25-20/h2-13H,1H3. The van der Waals surface area contributed by atoms with Crippen LogP contribution in [0.1, 0.15) is 21.1 Å². The van der Waals surface area contributed by atoms with Crippen molar-refractivity contribution < 1.29 is 4.79 Å². The van der Waals surface area contributed by atoms with Crippen LogP contribution in [0, 0.1) is 0 Å². The third kappa shape index (κ3) is 3.02. The van der Waals surface area contributed by atoms with Crippen molar-refractivity contribution in [1.82, 2.24) is 14.8 Å². The largest absolute Gasteiger partial charge is 0.288 e. The van der Waals surface area contributed by atoms with E-state index in [0.717, 1.165) is 20.9 Å². The number of nitrogens with zero attached hydrogens (tertiary/aromatic N) is 3. The van der Waals surface area contributed by atoms with E-state index >= 15 is 0 Å². The van der Waals surface area contributed by atoms with Crippen molar-refractivity contribution >= 4 is 39.0 Å². The van der Waals surface area contributed by atoms with E-state index in [0.29, 0.717) is 11.1 Å². The number of carbonyl (C=O) groups is 1. The summed E-state index contributed by atoms with van der Waals surface area (Å²) in [7, 11) is 1.86. The van der Waals surface area contributed by atoms with E-state index in [1.165, 1.54) is 11.3 Å². The van der Waals surface area contributed by atoms with E-state index in [-0.39, 0.29) is 5.78 Å². The van der Waals surface area contributed by atoms with Gasteiger partial charge in [-0.05, 0) is 24.3 Å². The summed E-state index contributed by atoms with van der Waals surface area (Å²) in [5.41, 5.74) is 2.99. The van der Waals surface area contributed by atoms with Gasteiger partial charge in [0.25, 0.3) is 0 Å². The van der Waals surface area contributed by atoms with Crippen LogP contribution in [0.25, 0.3) is 21.9 Å². The number of fused-ring (bicyclic) bond motifs is 1. The summed E-state index contributed by atoms with van der Waals surface area (Å²) >= 11 is 1.53. The van der Waals surface area contributed by atoms with Crippen molar-refractivity contribution in [1.29, 1.82) is 0 Å². The number of para-hydroxylation sites is 1. The molecule has 0 aliphatic carbocycles. The molecule has 0 fully saturated rings. The first-order valence-electron chi connectivity index (χ1n) is 7.88. The van der Waals surface area contributed by atoms with Crippen molar-refractivity contribution in [3.63, 3.8) is 0 Å². The fourth-order valence-corrected chi connectivity index (χ4v) is 3.61. The Labute approximate surface area is 149 Å². The highest BCUT2D eigenvalue weighted by Gasteiger charge is 2.19. The van der Waals surface area contributed by atoms with Gasteiger partial charge in [-0.3, -0.25) is 9.48 Å². The predicted molar refractivity (Wildman–Crippen MR) is 101 cm³/mol. The smallest absolute Gasteiger partial charge is 0.196 e. The Balaban J connectivity index is 1.88. The molecular weight excluding hydrogens is 330 g/mol. The minimum atomic E-state index is -0.0409. The Bertz CT molecular complexity index is 1040. The monoisotopic (exact) mass is 345 g/mol. The number of hydrogen-bond acceptors (Lipinski definition) is 4. The quantitative estimate of drug-likeness (QED) is 0.405. The molecule has 0 N–H and O–H groups in total. The zero-order valence-corrected chi connectivity index (χ0v) is 14.4. The van der Waals surface area contributed by atoms with Gasteiger partial charge in [0.1, 0.15) is 5.01 Å². The maximum absolute atomic E-state index is 13.1. The van der Waals surface area contributed by atoms with E-state index in [4.69, 9.17) is 0 Å². The summed E-state index contributed by atoms with van der Waals surface area (Å²) in [6, 6.07) is 19.1. The van der Waals surface area contributed by atoms with Crippen LogP contribution >= 0.6 is 11.3 Å². The van der Waals surface area contributed by atoms with Crippen LogP contribution in [-0.2, 0) is 7.05 Å². The molecule has 0 radical (unpaired) electrons. The Morgan fingerprint density at radius 3 is 2.52 bits per heavy atom. The number of rotatable bonds is 4. The number of hydrogen-bond donors (Lipinski definition) is 0. The topological polar surface area (TPSA) is 47.8 Å². The van der Waals surface area contributed by atoms with Crippen molar-refractivity contribution in [2.24, 2.45) is 7.05 Å². The first-order valence-corrected chi connectivity index (χ1v) is 8.69. The molecule has 0 aliphatic rings. The van der Waals surface area contributed by atoms with Crippen LogP contribution in [0.5, 0.6) is 0 Å². The van der Waals surface area contributed by atoms with E-state index in [9.17, 15) is 4.79 Å². The normalized spacial score (nSPS) is 11.8. The van der Waals surface area contributed by atoms with E-state index in [2.05, 4.69) is 10.1 Å². The molecular formula is C20H15N3OS. The van der Waals surface area contributed by atoms with Crippen molar-refractivity contribution in [2.45, 2.75) is 0 Å². The number of carbonyl (C=O) groups excluding carboxylic acids is 1. The number of ketones is 1. The minimum Gasteiger partial charge on any atom is -0.288 e. The number of thiazole rings is 1. The summed E-state index contributed by atoms with van der Waals surface area (Å²) < 4.78 is 2.81. The molecule has 0 aliphatic heterocycles. The molecule has 0 unspecified atom stereocenters. The molecule has 0 saturated heterocycles. The van der Waals surface area contributed by atoms with Crippen LogP contribution in [0.3, 0.4) is 0 Å². The molecule has 2 aromatic heterocycles. The average molecular weight is 345 g/mol. The SMILES string of the molecule is Cn1nccc1C=C(C(=O)c1ccccc1)c1nc2ccccc2s1. The molecule has 0 spiro atoms. The van der Waals surface area contributed by atoms with Gasteiger partial charge < -0.3 is 0 Å². The number of aryl methyl sites for hydroxylation is 1. The van der Waals surface area contributed by atoms with Crippen LogP contribution in [0.15, 0.2) is 66.9 Å². The Morgan fingerprint density at radius 2 is 1.80 bits per heavy atom. The van der Waals surface area contributed by atoms with Crippen molar-refractivity contribution in [3.05, 3.63) is 83.1 Å². The molecule has 4 rings (SSSR count). The molecule has 25 heavy (non-hydrogen) atoms. The lowest BCUT2D eigenvalue weighted by Gasteiger charge is -2.05. The molecule has 0 bridgehead atoms. The van der Waals surface area contributed by atoms with Gasteiger partial charge >= 0.3 is 0 Å². The second-order valence-electron chi connectivity index (χ2n) is 5.62. The van der Waals surface area contributed by atoms with E-state index in [1.807, 2.05) is 73.8 Å². The second-order valence-corrected chi connectivity index (χ2v) is 6.65. The predicted octanol–water partition coefficient (Wildman–Crippen LogP) is 4.45. The Kier molecular flexibility index (Phi) is 3.99. The molecule has 2 aromatic carbocycles. The fourth-order valence-electron chi connectivity index (χ4n) is 2.63. The number of Topliss-reactive ketones (excluding diaryl/α,β-unsaturated/α-hetero) is 1. The third-order valence-electron chi connectivity index (χ3n) is 3.96. The van der Waals surface area contributed by atoms with Gasteiger partial charge in [-0.2, -0.15) is 5.10 Å². The van der Waals surface area contributed by atoms with Gasteiger partial charge in [-0.25, -0.2) is 4.98 Å². The summed E-state index contributed by atoms with van der Waals surface area (Å²) in [5, 5.41) is 4.90. The second kappa shape index (κ2) is 6.45. The summed E-state index contributed by atoms with van der Waals surface area (Å²) in [6.07, 6.45) is 3.58. The van der Waals surface area contributed by atoms with Crippen LogP contribution in [-0.4, -0.2) is 20.5 Å². The molecule has 0 saturated carbocycles. The molecule has 2 heterocycles. The summed E-state index contributed by atoms with van der Waals surface area (Å²) in [4.78, 5) is 17.8. The zero-order valence-electron chi connectivity index (χ0n) is 13.6. The van der Waals surface area contributed by atoms with Gasteiger partial charge in [-0.1, -0.05) is 42.5 Å². The van der Waals surface area contributed by atoms with Crippen LogP contribution in [0.2, 0.25) is 0 Å². The Hall–Kier alpha value is -3.05. The average Bonchev–Trinajstić information content (AvgIpc) is 3.25. The van der Waals surface area contributed by atoms with Gasteiger partial charge in [-0.15, -0.1) is 11.3 Å². The zero-order chi connectivity index (χ0) is 17.2. The molecule has 0 atom stereocenters. The highest BCUT2D eigenvalue weighted by molar-refractivity contribution is 7.20. The first-order chi connectivity index (χ1) is 12.2. The number of allylic oxidation sites excluding steroid dienone is 1. The van der Waals surface area contributed by atoms with E-state index in [1.54, 1.807) is 10.9 Å². The first kappa shape index (κ1) is 15.5. The molecule has 4 nitrogen and oxygen atoms in total. The van der Waals surface area contributed by atoms with Gasteiger partial charge in [0, 0.05) is 18.8 Å². The molecule has 0 amide bonds. The van der Waals surface area contributed by atoms with Crippen LogP contribution in [0.4, 0.5) is 0 Å².